The van der Waals surface area contributed by atoms with E-state index in [-0.39, 0.29) is 12.4 Å². The number of aryl methyl sites for hydroxylation is 1. The smallest absolute Gasteiger partial charge is 0.117 e. The topological polar surface area (TPSA) is 25.2 Å². The molecule has 2 rings (SSSR count). The molecule has 0 amide bonds. The zero-order valence-corrected chi connectivity index (χ0v) is 12.0. The first-order chi connectivity index (χ1) is 8.34. The molecule has 1 heterocycles. The lowest BCUT2D eigenvalue weighted by Crippen LogP contribution is -2.15. The molecule has 0 saturated heterocycles. The van der Waals surface area contributed by atoms with Crippen LogP contribution in [0.4, 0.5) is 0 Å². The Hall–Kier alpha value is -0.900. The third kappa shape index (κ3) is 5.17. The molecule has 1 aromatic carbocycles. The summed E-state index contributed by atoms with van der Waals surface area (Å²) in [5, 5.41) is 3.35. The minimum absolute atomic E-state index is 0. The number of rotatable bonds is 6. The van der Waals surface area contributed by atoms with Gasteiger partial charge in [-0.25, -0.2) is 0 Å². The van der Waals surface area contributed by atoms with Gasteiger partial charge < -0.3 is 9.73 Å². The number of furan rings is 1. The van der Waals surface area contributed by atoms with E-state index in [2.05, 4.69) is 36.5 Å². The third-order valence-electron chi connectivity index (χ3n) is 2.45. The molecule has 98 valence electrons. The van der Waals surface area contributed by atoms with Gasteiger partial charge in [-0.3, -0.25) is 0 Å². The first kappa shape index (κ1) is 15.2. The van der Waals surface area contributed by atoms with Crippen molar-refractivity contribution < 1.29 is 4.42 Å². The maximum absolute atomic E-state index is 5.24. The molecule has 0 aliphatic heterocycles. The maximum atomic E-state index is 5.24. The van der Waals surface area contributed by atoms with Crippen molar-refractivity contribution in [3.05, 3.63) is 54.0 Å². The van der Waals surface area contributed by atoms with Crippen LogP contribution in [0.25, 0.3) is 0 Å². The molecule has 4 heteroatoms. The van der Waals surface area contributed by atoms with Gasteiger partial charge in [0.05, 0.1) is 12.8 Å². The Morgan fingerprint density at radius 2 is 1.94 bits per heavy atom. The quantitative estimate of drug-likeness (QED) is 0.643. The summed E-state index contributed by atoms with van der Waals surface area (Å²) in [6.45, 7) is 3.90. The van der Waals surface area contributed by atoms with E-state index in [1.165, 1.54) is 10.5 Å². The van der Waals surface area contributed by atoms with E-state index in [1.807, 2.05) is 23.9 Å². The molecule has 0 fully saturated rings. The van der Waals surface area contributed by atoms with Crippen LogP contribution in [-0.4, -0.2) is 12.3 Å². The van der Waals surface area contributed by atoms with Crippen molar-refractivity contribution in [1.82, 2.24) is 5.32 Å². The molecule has 0 aliphatic rings. The number of benzene rings is 1. The number of thioether (sulfide) groups is 1. The van der Waals surface area contributed by atoms with Crippen LogP contribution in [0, 0.1) is 6.92 Å². The standard InChI is InChI=1S/C14H17NOS.ClH/c1-12-4-6-14(7-5-12)17-10-8-15-11-13-3-2-9-16-13;/h2-7,9,15H,8,10-11H2,1H3;1H. The largest absolute Gasteiger partial charge is 0.468 e. The Balaban J connectivity index is 0.00000162. The SMILES string of the molecule is Cc1ccc(SCCNCc2ccco2)cc1.Cl. The van der Waals surface area contributed by atoms with E-state index < -0.39 is 0 Å². The fourth-order valence-corrected chi connectivity index (χ4v) is 2.31. The Morgan fingerprint density at radius 1 is 1.17 bits per heavy atom. The predicted octanol–water partition coefficient (Wildman–Crippen LogP) is 3.89. The van der Waals surface area contributed by atoms with Gasteiger partial charge in [-0.15, -0.1) is 24.2 Å². The normalized spacial score (nSPS) is 10.1. The highest BCUT2D eigenvalue weighted by Gasteiger charge is 1.96. The molecule has 0 bridgehead atoms. The van der Waals surface area contributed by atoms with Crippen LogP contribution in [-0.2, 0) is 6.54 Å². The van der Waals surface area contributed by atoms with Crippen LogP contribution < -0.4 is 5.32 Å². The second-order valence-corrected chi connectivity index (χ2v) is 5.09. The van der Waals surface area contributed by atoms with E-state index in [0.717, 1.165) is 24.6 Å². The van der Waals surface area contributed by atoms with Gasteiger partial charge in [-0.05, 0) is 31.2 Å². The molecule has 2 nitrogen and oxygen atoms in total. The number of hydrogen-bond acceptors (Lipinski definition) is 3. The van der Waals surface area contributed by atoms with Crippen molar-refractivity contribution in [1.29, 1.82) is 0 Å². The van der Waals surface area contributed by atoms with E-state index in [4.69, 9.17) is 4.42 Å². The monoisotopic (exact) mass is 283 g/mol. The minimum atomic E-state index is 0. The highest BCUT2D eigenvalue weighted by Crippen LogP contribution is 2.17. The summed E-state index contributed by atoms with van der Waals surface area (Å²) in [5.41, 5.74) is 1.31. The summed E-state index contributed by atoms with van der Waals surface area (Å²) in [6, 6.07) is 12.6. The van der Waals surface area contributed by atoms with Gasteiger partial charge in [0.2, 0.25) is 0 Å². The molecule has 0 radical (unpaired) electrons. The van der Waals surface area contributed by atoms with Crippen LogP contribution in [0.2, 0.25) is 0 Å². The van der Waals surface area contributed by atoms with Gasteiger partial charge in [-0.1, -0.05) is 17.7 Å². The molecule has 0 aliphatic carbocycles. The first-order valence-electron chi connectivity index (χ1n) is 5.77. The van der Waals surface area contributed by atoms with Gasteiger partial charge in [-0.2, -0.15) is 0 Å². The van der Waals surface area contributed by atoms with E-state index in [1.54, 1.807) is 6.26 Å². The van der Waals surface area contributed by atoms with Gasteiger partial charge in [0.25, 0.3) is 0 Å². The second kappa shape index (κ2) is 8.25. The fraction of sp³-hybridized carbons (Fsp3) is 0.286. The van der Waals surface area contributed by atoms with Crippen molar-refractivity contribution in [2.24, 2.45) is 0 Å². The van der Waals surface area contributed by atoms with Crippen LogP contribution in [0.3, 0.4) is 0 Å². The summed E-state index contributed by atoms with van der Waals surface area (Å²) in [5.74, 6) is 2.06. The molecule has 0 unspecified atom stereocenters. The lowest BCUT2D eigenvalue weighted by atomic mass is 10.2. The highest BCUT2D eigenvalue weighted by atomic mass is 35.5. The van der Waals surface area contributed by atoms with E-state index in [0.29, 0.717) is 0 Å². The van der Waals surface area contributed by atoms with Crippen molar-refractivity contribution in [3.8, 4) is 0 Å². The van der Waals surface area contributed by atoms with Crippen LogP contribution in [0.1, 0.15) is 11.3 Å². The van der Waals surface area contributed by atoms with Gasteiger partial charge in [0.15, 0.2) is 0 Å². The Kier molecular flexibility index (Phi) is 6.94. The van der Waals surface area contributed by atoms with Crippen LogP contribution in [0.5, 0.6) is 0 Å². The van der Waals surface area contributed by atoms with Crippen molar-refractivity contribution >= 4 is 24.2 Å². The number of halogens is 1. The summed E-state index contributed by atoms with van der Waals surface area (Å²) in [6.07, 6.45) is 1.71. The molecule has 18 heavy (non-hydrogen) atoms. The summed E-state index contributed by atoms with van der Waals surface area (Å²) in [4.78, 5) is 1.33. The lowest BCUT2D eigenvalue weighted by molar-refractivity contribution is 0.488. The van der Waals surface area contributed by atoms with Crippen molar-refractivity contribution in [2.45, 2.75) is 18.4 Å². The van der Waals surface area contributed by atoms with E-state index >= 15 is 0 Å². The zero-order chi connectivity index (χ0) is 11.9. The zero-order valence-electron chi connectivity index (χ0n) is 10.4. The Labute approximate surface area is 119 Å². The maximum Gasteiger partial charge on any atom is 0.117 e. The summed E-state index contributed by atoms with van der Waals surface area (Å²) >= 11 is 1.87. The Morgan fingerprint density at radius 3 is 2.61 bits per heavy atom. The van der Waals surface area contributed by atoms with Crippen molar-refractivity contribution in [3.63, 3.8) is 0 Å². The number of hydrogen-bond donors (Lipinski definition) is 1. The van der Waals surface area contributed by atoms with Gasteiger partial charge in [0.1, 0.15) is 5.76 Å². The van der Waals surface area contributed by atoms with Gasteiger partial charge in [0, 0.05) is 17.2 Å². The molecular weight excluding hydrogens is 266 g/mol. The summed E-state index contributed by atoms with van der Waals surface area (Å²) in [7, 11) is 0. The average molecular weight is 284 g/mol. The molecule has 1 N–H and O–H groups in total. The lowest BCUT2D eigenvalue weighted by Gasteiger charge is -2.03. The number of nitrogens with one attached hydrogen (secondary N) is 1. The molecule has 0 saturated carbocycles. The Bertz CT molecular complexity index is 428. The molecule has 0 atom stereocenters. The highest BCUT2D eigenvalue weighted by molar-refractivity contribution is 7.99. The van der Waals surface area contributed by atoms with Crippen LogP contribution in [0.15, 0.2) is 52.0 Å². The molecule has 2 aromatic rings. The predicted molar refractivity (Wildman–Crippen MR) is 79.6 cm³/mol. The first-order valence-corrected chi connectivity index (χ1v) is 6.76. The van der Waals surface area contributed by atoms with Crippen molar-refractivity contribution in [2.75, 3.05) is 12.3 Å². The van der Waals surface area contributed by atoms with Crippen LogP contribution >= 0.6 is 24.2 Å². The summed E-state index contributed by atoms with van der Waals surface area (Å²) < 4.78 is 5.24. The molecule has 0 spiro atoms. The molecular formula is C14H18ClNOS. The van der Waals surface area contributed by atoms with E-state index in [9.17, 15) is 0 Å². The fourth-order valence-electron chi connectivity index (χ4n) is 1.50. The van der Waals surface area contributed by atoms with Gasteiger partial charge >= 0.3 is 0 Å². The minimum Gasteiger partial charge on any atom is -0.468 e. The second-order valence-electron chi connectivity index (χ2n) is 3.92. The average Bonchev–Trinajstić information content (AvgIpc) is 2.84. The molecule has 1 aromatic heterocycles. The third-order valence-corrected chi connectivity index (χ3v) is 3.46.